The number of hydrogen-bond donors (Lipinski definition) is 1. The van der Waals surface area contributed by atoms with Crippen LogP contribution >= 0.6 is 0 Å². The monoisotopic (exact) mass is 253 g/mol. The fourth-order valence-electron chi connectivity index (χ4n) is 3.40. The first-order valence-corrected chi connectivity index (χ1v) is 7.19. The van der Waals surface area contributed by atoms with Crippen molar-refractivity contribution >= 4 is 5.91 Å². The van der Waals surface area contributed by atoms with E-state index in [2.05, 4.69) is 30.8 Å². The van der Waals surface area contributed by atoms with Crippen LogP contribution in [-0.4, -0.2) is 55.0 Å². The van der Waals surface area contributed by atoms with Gasteiger partial charge in [-0.3, -0.25) is 4.79 Å². The molecular formula is C14H27N3O. The van der Waals surface area contributed by atoms with Crippen molar-refractivity contribution < 1.29 is 4.79 Å². The number of rotatable bonds is 2. The third-order valence-electron chi connectivity index (χ3n) is 4.73. The predicted octanol–water partition coefficient (Wildman–Crippen LogP) is 0.912. The molecule has 1 aliphatic carbocycles. The highest BCUT2D eigenvalue weighted by atomic mass is 16.2. The van der Waals surface area contributed by atoms with Crippen molar-refractivity contribution in [2.45, 2.75) is 44.7 Å². The van der Waals surface area contributed by atoms with Crippen molar-refractivity contribution in [3.05, 3.63) is 0 Å². The molecule has 104 valence electrons. The topological polar surface area (TPSA) is 49.6 Å². The molecule has 1 heterocycles. The molecule has 4 atom stereocenters. The van der Waals surface area contributed by atoms with Crippen molar-refractivity contribution in [2.24, 2.45) is 17.6 Å². The highest BCUT2D eigenvalue weighted by Crippen LogP contribution is 2.31. The fraction of sp³-hybridized carbons (Fsp3) is 0.929. The van der Waals surface area contributed by atoms with Gasteiger partial charge in [-0.2, -0.15) is 0 Å². The second-order valence-corrected chi connectivity index (χ2v) is 6.35. The van der Waals surface area contributed by atoms with Crippen LogP contribution < -0.4 is 5.73 Å². The molecule has 0 bridgehead atoms. The average Bonchev–Trinajstić information content (AvgIpc) is 2.77. The van der Waals surface area contributed by atoms with Gasteiger partial charge in [0.1, 0.15) is 0 Å². The van der Waals surface area contributed by atoms with E-state index in [1.54, 1.807) is 0 Å². The lowest BCUT2D eigenvalue weighted by atomic mass is 9.77. The molecule has 2 N–H and O–H groups in total. The largest absolute Gasteiger partial charge is 0.341 e. The standard InChI is InChI=1S/C14H27N3O/c1-10-8-11(15)4-5-13(10)14(18)17-7-6-12(9-17)16(2)3/h10-13H,4-9,15H2,1-3H3. The smallest absolute Gasteiger partial charge is 0.226 e. The highest BCUT2D eigenvalue weighted by Gasteiger charge is 2.36. The molecule has 2 aliphatic rings. The molecule has 0 aromatic carbocycles. The summed E-state index contributed by atoms with van der Waals surface area (Å²) in [6.45, 7) is 4.01. The first-order chi connectivity index (χ1) is 8.49. The molecule has 4 heteroatoms. The van der Waals surface area contributed by atoms with Crippen LogP contribution in [0.4, 0.5) is 0 Å². The molecule has 0 aromatic heterocycles. The van der Waals surface area contributed by atoms with Crippen LogP contribution in [0.15, 0.2) is 0 Å². The number of carbonyl (C=O) groups excluding carboxylic acids is 1. The number of likely N-dealkylation sites (tertiary alicyclic amines) is 1. The zero-order chi connectivity index (χ0) is 13.3. The van der Waals surface area contributed by atoms with Crippen LogP contribution in [0.5, 0.6) is 0 Å². The summed E-state index contributed by atoms with van der Waals surface area (Å²) in [5.41, 5.74) is 5.97. The second-order valence-electron chi connectivity index (χ2n) is 6.35. The van der Waals surface area contributed by atoms with Gasteiger partial charge in [0, 0.05) is 31.1 Å². The third-order valence-corrected chi connectivity index (χ3v) is 4.73. The molecule has 2 rings (SSSR count). The van der Waals surface area contributed by atoms with E-state index in [1.807, 2.05) is 0 Å². The number of likely N-dealkylation sites (N-methyl/N-ethyl adjacent to an activating group) is 1. The van der Waals surface area contributed by atoms with Crippen molar-refractivity contribution in [3.63, 3.8) is 0 Å². The first-order valence-electron chi connectivity index (χ1n) is 7.19. The van der Waals surface area contributed by atoms with Gasteiger partial charge in [-0.15, -0.1) is 0 Å². The molecule has 1 saturated heterocycles. The van der Waals surface area contributed by atoms with Gasteiger partial charge in [0.2, 0.25) is 5.91 Å². The molecule has 0 spiro atoms. The quantitative estimate of drug-likeness (QED) is 0.796. The lowest BCUT2D eigenvalue weighted by molar-refractivity contribution is -0.137. The van der Waals surface area contributed by atoms with Crippen LogP contribution in [0.3, 0.4) is 0 Å². The van der Waals surface area contributed by atoms with E-state index < -0.39 is 0 Å². The number of nitrogens with zero attached hydrogens (tertiary/aromatic N) is 2. The van der Waals surface area contributed by atoms with Gasteiger partial charge in [0.25, 0.3) is 0 Å². The lowest BCUT2D eigenvalue weighted by Gasteiger charge is -2.34. The highest BCUT2D eigenvalue weighted by molar-refractivity contribution is 5.79. The zero-order valence-corrected chi connectivity index (χ0v) is 11.9. The Kier molecular flexibility index (Phi) is 4.28. The van der Waals surface area contributed by atoms with E-state index in [-0.39, 0.29) is 5.92 Å². The summed E-state index contributed by atoms with van der Waals surface area (Å²) in [6, 6.07) is 0.840. The Labute approximate surface area is 110 Å². The maximum atomic E-state index is 12.6. The maximum Gasteiger partial charge on any atom is 0.226 e. The van der Waals surface area contributed by atoms with E-state index in [1.165, 1.54) is 0 Å². The van der Waals surface area contributed by atoms with Crippen LogP contribution in [0.25, 0.3) is 0 Å². The van der Waals surface area contributed by atoms with Gasteiger partial charge < -0.3 is 15.5 Å². The lowest BCUT2D eigenvalue weighted by Crippen LogP contribution is -2.43. The molecule has 4 unspecified atom stereocenters. The SMILES string of the molecule is CC1CC(N)CCC1C(=O)N1CCC(N(C)C)C1. The summed E-state index contributed by atoms with van der Waals surface area (Å²) in [6.07, 6.45) is 4.09. The van der Waals surface area contributed by atoms with Crippen molar-refractivity contribution in [3.8, 4) is 0 Å². The van der Waals surface area contributed by atoms with Gasteiger partial charge in [0.05, 0.1) is 0 Å². The Bertz CT molecular complexity index is 305. The summed E-state index contributed by atoms with van der Waals surface area (Å²) in [7, 11) is 4.20. The van der Waals surface area contributed by atoms with Crippen molar-refractivity contribution in [1.29, 1.82) is 0 Å². The van der Waals surface area contributed by atoms with E-state index in [9.17, 15) is 4.79 Å². The minimum absolute atomic E-state index is 0.214. The third kappa shape index (κ3) is 2.86. The second kappa shape index (κ2) is 5.57. The van der Waals surface area contributed by atoms with Crippen LogP contribution in [-0.2, 0) is 4.79 Å². The van der Waals surface area contributed by atoms with Crippen LogP contribution in [0.2, 0.25) is 0 Å². The summed E-state index contributed by atoms with van der Waals surface area (Å²) in [5.74, 6) is 1.03. The number of hydrogen-bond acceptors (Lipinski definition) is 3. The Hall–Kier alpha value is -0.610. The summed E-state index contributed by atoms with van der Waals surface area (Å²) >= 11 is 0. The van der Waals surface area contributed by atoms with Crippen LogP contribution in [0, 0.1) is 11.8 Å². The summed E-state index contributed by atoms with van der Waals surface area (Å²) < 4.78 is 0. The Morgan fingerprint density at radius 1 is 1.28 bits per heavy atom. The molecule has 0 radical (unpaired) electrons. The first kappa shape index (κ1) is 13.8. The minimum atomic E-state index is 0.214. The molecule has 4 nitrogen and oxygen atoms in total. The molecule has 1 saturated carbocycles. The number of nitrogens with two attached hydrogens (primary N) is 1. The molecule has 18 heavy (non-hydrogen) atoms. The zero-order valence-electron chi connectivity index (χ0n) is 11.9. The minimum Gasteiger partial charge on any atom is -0.341 e. The fourth-order valence-corrected chi connectivity index (χ4v) is 3.40. The van der Waals surface area contributed by atoms with Gasteiger partial charge in [-0.25, -0.2) is 0 Å². The Balaban J connectivity index is 1.92. The van der Waals surface area contributed by atoms with E-state index >= 15 is 0 Å². The van der Waals surface area contributed by atoms with Crippen molar-refractivity contribution in [1.82, 2.24) is 9.80 Å². The Morgan fingerprint density at radius 3 is 2.56 bits per heavy atom. The van der Waals surface area contributed by atoms with Gasteiger partial charge in [-0.1, -0.05) is 6.92 Å². The van der Waals surface area contributed by atoms with Crippen molar-refractivity contribution in [2.75, 3.05) is 27.2 Å². The Morgan fingerprint density at radius 2 is 2.00 bits per heavy atom. The molecular weight excluding hydrogens is 226 g/mol. The molecule has 1 aliphatic heterocycles. The van der Waals surface area contributed by atoms with Crippen LogP contribution in [0.1, 0.15) is 32.6 Å². The average molecular weight is 253 g/mol. The van der Waals surface area contributed by atoms with Gasteiger partial charge in [-0.05, 0) is 45.7 Å². The normalized spacial score (nSPS) is 37.3. The number of amides is 1. The summed E-state index contributed by atoms with van der Waals surface area (Å²) in [4.78, 5) is 16.9. The maximum absolute atomic E-state index is 12.6. The molecule has 2 fully saturated rings. The van der Waals surface area contributed by atoms with Gasteiger partial charge in [0.15, 0.2) is 0 Å². The van der Waals surface area contributed by atoms with E-state index in [0.717, 1.165) is 38.8 Å². The van der Waals surface area contributed by atoms with Gasteiger partial charge >= 0.3 is 0 Å². The number of carbonyl (C=O) groups is 1. The van der Waals surface area contributed by atoms with E-state index in [0.29, 0.717) is 23.9 Å². The molecule has 0 aromatic rings. The molecule has 1 amide bonds. The predicted molar refractivity (Wildman–Crippen MR) is 73.2 cm³/mol. The van der Waals surface area contributed by atoms with E-state index in [4.69, 9.17) is 5.73 Å². The summed E-state index contributed by atoms with van der Waals surface area (Å²) in [5, 5.41) is 0.